The molecule has 1 atom stereocenters. The van der Waals surface area contributed by atoms with Crippen LogP contribution in [0, 0.1) is 11.6 Å². The Bertz CT molecular complexity index is 306. The molecular weight excluding hydrogens is 172 g/mol. The van der Waals surface area contributed by atoms with Gasteiger partial charge in [0.25, 0.3) is 0 Å². The molecule has 1 aliphatic heterocycles. The third kappa shape index (κ3) is 1.70. The Kier molecular flexibility index (Phi) is 2.27. The normalized spacial score (nSPS) is 22.2. The molecule has 1 saturated heterocycles. The third-order valence-electron chi connectivity index (χ3n) is 2.46. The molecule has 1 aliphatic rings. The molecule has 1 nitrogen and oxygen atoms in total. The number of halogens is 2. The predicted molar refractivity (Wildman–Crippen MR) is 46.6 cm³/mol. The van der Waals surface area contributed by atoms with Crippen LogP contribution < -0.4 is 5.32 Å². The zero-order chi connectivity index (χ0) is 9.26. The van der Waals surface area contributed by atoms with Gasteiger partial charge in [0.05, 0.1) is 0 Å². The fraction of sp³-hybridized carbons (Fsp3) is 0.400. The van der Waals surface area contributed by atoms with Gasteiger partial charge in [-0.15, -0.1) is 0 Å². The summed E-state index contributed by atoms with van der Waals surface area (Å²) in [6, 6.07) is 3.81. The van der Waals surface area contributed by atoms with Gasteiger partial charge in [0.2, 0.25) is 0 Å². The minimum absolute atomic E-state index is 0.209. The lowest BCUT2D eigenvalue weighted by Gasteiger charge is -2.09. The van der Waals surface area contributed by atoms with Crippen LogP contribution in [-0.4, -0.2) is 13.1 Å². The van der Waals surface area contributed by atoms with Gasteiger partial charge >= 0.3 is 0 Å². The Hall–Kier alpha value is -0.960. The second kappa shape index (κ2) is 3.42. The first-order chi connectivity index (χ1) is 6.27. The highest BCUT2D eigenvalue weighted by molar-refractivity contribution is 5.23. The number of hydrogen-bond acceptors (Lipinski definition) is 1. The summed E-state index contributed by atoms with van der Waals surface area (Å²) in [6.45, 7) is 1.71. The van der Waals surface area contributed by atoms with Crippen LogP contribution in [0.5, 0.6) is 0 Å². The summed E-state index contributed by atoms with van der Waals surface area (Å²) >= 11 is 0. The maximum absolute atomic E-state index is 13.2. The Morgan fingerprint density at radius 3 is 2.77 bits per heavy atom. The first-order valence-corrected chi connectivity index (χ1v) is 4.43. The van der Waals surface area contributed by atoms with E-state index in [2.05, 4.69) is 5.32 Å². The van der Waals surface area contributed by atoms with Gasteiger partial charge in [-0.25, -0.2) is 8.78 Å². The number of hydrogen-bond donors (Lipinski definition) is 1. The van der Waals surface area contributed by atoms with Crippen LogP contribution in [0.2, 0.25) is 0 Å². The molecule has 13 heavy (non-hydrogen) atoms. The second-order valence-electron chi connectivity index (χ2n) is 3.36. The van der Waals surface area contributed by atoms with Crippen molar-refractivity contribution in [2.75, 3.05) is 13.1 Å². The Morgan fingerprint density at radius 1 is 1.31 bits per heavy atom. The van der Waals surface area contributed by atoms with Crippen molar-refractivity contribution >= 4 is 0 Å². The molecule has 0 unspecified atom stereocenters. The minimum Gasteiger partial charge on any atom is -0.316 e. The quantitative estimate of drug-likeness (QED) is 0.702. The summed E-state index contributed by atoms with van der Waals surface area (Å²) in [6.07, 6.45) is 0.933. The van der Waals surface area contributed by atoms with Gasteiger partial charge in [-0.3, -0.25) is 0 Å². The van der Waals surface area contributed by atoms with Crippen molar-refractivity contribution in [2.24, 2.45) is 0 Å². The Balaban J connectivity index is 2.29. The van der Waals surface area contributed by atoms with Crippen LogP contribution in [0.1, 0.15) is 17.9 Å². The van der Waals surface area contributed by atoms with Crippen molar-refractivity contribution in [2.45, 2.75) is 12.3 Å². The highest BCUT2D eigenvalue weighted by atomic mass is 19.1. The van der Waals surface area contributed by atoms with E-state index in [4.69, 9.17) is 0 Å². The summed E-state index contributed by atoms with van der Waals surface area (Å²) < 4.78 is 25.8. The van der Waals surface area contributed by atoms with E-state index in [0.29, 0.717) is 5.56 Å². The van der Waals surface area contributed by atoms with E-state index in [1.165, 1.54) is 6.07 Å². The topological polar surface area (TPSA) is 12.0 Å². The lowest BCUT2D eigenvalue weighted by molar-refractivity contribution is 0.559. The van der Waals surface area contributed by atoms with Crippen LogP contribution in [0.3, 0.4) is 0 Å². The monoisotopic (exact) mass is 183 g/mol. The van der Waals surface area contributed by atoms with E-state index >= 15 is 0 Å². The molecule has 1 fully saturated rings. The molecule has 0 amide bonds. The summed E-state index contributed by atoms with van der Waals surface area (Å²) in [5, 5.41) is 3.15. The molecule has 0 aromatic heterocycles. The van der Waals surface area contributed by atoms with Gasteiger partial charge in [-0.2, -0.15) is 0 Å². The fourth-order valence-corrected chi connectivity index (χ4v) is 1.75. The smallest absolute Gasteiger partial charge is 0.129 e. The zero-order valence-corrected chi connectivity index (χ0v) is 7.19. The molecule has 70 valence electrons. The van der Waals surface area contributed by atoms with Crippen LogP contribution >= 0.6 is 0 Å². The van der Waals surface area contributed by atoms with Gasteiger partial charge < -0.3 is 5.32 Å². The van der Waals surface area contributed by atoms with Crippen molar-refractivity contribution in [3.8, 4) is 0 Å². The van der Waals surface area contributed by atoms with Crippen LogP contribution in [0.4, 0.5) is 8.78 Å². The largest absolute Gasteiger partial charge is 0.316 e. The van der Waals surface area contributed by atoms with E-state index in [9.17, 15) is 8.78 Å². The maximum Gasteiger partial charge on any atom is 0.129 e. The SMILES string of the molecule is Fc1ccc([C@H]2CCNC2)c(F)c1. The summed E-state index contributed by atoms with van der Waals surface area (Å²) in [4.78, 5) is 0. The van der Waals surface area contributed by atoms with Crippen molar-refractivity contribution in [3.63, 3.8) is 0 Å². The van der Waals surface area contributed by atoms with Gasteiger partial charge in [-0.1, -0.05) is 6.07 Å². The van der Waals surface area contributed by atoms with E-state index in [0.717, 1.165) is 25.6 Å². The average molecular weight is 183 g/mol. The molecule has 1 N–H and O–H groups in total. The fourth-order valence-electron chi connectivity index (χ4n) is 1.75. The lowest BCUT2D eigenvalue weighted by Crippen LogP contribution is -2.09. The molecule has 0 saturated carbocycles. The van der Waals surface area contributed by atoms with Gasteiger partial charge in [0, 0.05) is 18.5 Å². The predicted octanol–water partition coefficient (Wildman–Crippen LogP) is 2.04. The van der Waals surface area contributed by atoms with Crippen molar-refractivity contribution in [1.29, 1.82) is 0 Å². The first-order valence-electron chi connectivity index (χ1n) is 4.43. The number of nitrogens with one attached hydrogen (secondary N) is 1. The maximum atomic E-state index is 13.2. The van der Waals surface area contributed by atoms with Crippen molar-refractivity contribution < 1.29 is 8.78 Å². The van der Waals surface area contributed by atoms with Crippen LogP contribution in [-0.2, 0) is 0 Å². The highest BCUT2D eigenvalue weighted by Crippen LogP contribution is 2.24. The standard InChI is InChI=1S/C10H11F2N/c11-8-1-2-9(10(12)5-8)7-3-4-13-6-7/h1-2,5,7,13H,3-4,6H2/t7-/m0/s1. The average Bonchev–Trinajstić information content (AvgIpc) is 2.56. The molecule has 1 aromatic carbocycles. The van der Waals surface area contributed by atoms with Gasteiger partial charge in [0.1, 0.15) is 11.6 Å². The Labute approximate surface area is 75.8 Å². The molecule has 0 bridgehead atoms. The number of benzene rings is 1. The first kappa shape index (κ1) is 8.63. The molecule has 0 aliphatic carbocycles. The van der Waals surface area contributed by atoms with E-state index in [1.54, 1.807) is 6.07 Å². The third-order valence-corrected chi connectivity index (χ3v) is 2.46. The summed E-state index contributed by atoms with van der Waals surface area (Å²) in [5.41, 5.74) is 0.631. The second-order valence-corrected chi connectivity index (χ2v) is 3.36. The lowest BCUT2D eigenvalue weighted by atomic mass is 9.98. The molecular formula is C10H11F2N. The van der Waals surface area contributed by atoms with Crippen molar-refractivity contribution in [3.05, 3.63) is 35.4 Å². The molecule has 0 radical (unpaired) electrons. The molecule has 1 aromatic rings. The molecule has 3 heteroatoms. The zero-order valence-electron chi connectivity index (χ0n) is 7.19. The van der Waals surface area contributed by atoms with Gasteiger partial charge in [-0.05, 0) is 24.6 Å². The minimum atomic E-state index is -0.507. The molecule has 0 spiro atoms. The van der Waals surface area contributed by atoms with Gasteiger partial charge in [0.15, 0.2) is 0 Å². The van der Waals surface area contributed by atoms with Crippen molar-refractivity contribution in [1.82, 2.24) is 5.32 Å². The van der Waals surface area contributed by atoms with E-state index in [1.807, 2.05) is 0 Å². The Morgan fingerprint density at radius 2 is 2.15 bits per heavy atom. The van der Waals surface area contributed by atoms with Crippen LogP contribution in [0.15, 0.2) is 18.2 Å². The highest BCUT2D eigenvalue weighted by Gasteiger charge is 2.19. The van der Waals surface area contributed by atoms with Crippen LogP contribution in [0.25, 0.3) is 0 Å². The summed E-state index contributed by atoms with van der Waals surface area (Å²) in [5.74, 6) is -0.721. The number of rotatable bonds is 1. The molecule has 2 rings (SSSR count). The van der Waals surface area contributed by atoms with E-state index in [-0.39, 0.29) is 5.92 Å². The molecule has 1 heterocycles. The summed E-state index contributed by atoms with van der Waals surface area (Å²) in [7, 11) is 0. The van der Waals surface area contributed by atoms with E-state index < -0.39 is 11.6 Å².